The molecule has 0 aromatic rings. The maximum absolute atomic E-state index is 0. The minimum atomic E-state index is 0. The summed E-state index contributed by atoms with van der Waals surface area (Å²) in [6, 6.07) is 0. The molecule has 0 heterocycles. The second-order valence-electron chi connectivity index (χ2n) is 0. The van der Waals surface area contributed by atoms with Gasteiger partial charge in [-0.1, -0.05) is 0 Å². The third-order valence-corrected chi connectivity index (χ3v) is 0. The molecule has 0 unspecified atom stereocenters. The summed E-state index contributed by atoms with van der Waals surface area (Å²) in [6.07, 6.45) is 0. The topological polar surface area (TPSA) is 0 Å². The molecule has 0 aromatic carbocycles. The molecule has 0 nitrogen and oxygen atoms in total. The Labute approximate surface area is 121 Å². The van der Waals surface area contributed by atoms with Gasteiger partial charge in [-0.15, -0.1) is 0 Å². The van der Waals surface area contributed by atoms with Gasteiger partial charge in [0.1, 0.15) is 0 Å². The Morgan fingerprint density at radius 1 is 1.00 bits per heavy atom. The molecule has 0 rings (SSSR count). The molecule has 0 saturated carbocycles. The molecular weight excluding hydrogens is 451 g/mol. The molecule has 33 valence electrons. The van der Waals surface area contributed by atoms with Crippen LogP contribution in [0.3, 0.4) is 0 Å². The van der Waals surface area contributed by atoms with Crippen LogP contribution in [-0.4, -0.2) is 86.9 Å². The van der Waals surface area contributed by atoms with Gasteiger partial charge in [0.2, 0.25) is 0 Å². The molecule has 0 bridgehead atoms. The summed E-state index contributed by atoms with van der Waals surface area (Å²) in [5, 5.41) is 0. The van der Waals surface area contributed by atoms with Crippen LogP contribution in [0.5, 0.6) is 0 Å². The zero-order valence-electron chi connectivity index (χ0n) is 1.79. The van der Waals surface area contributed by atoms with E-state index in [1.807, 2.05) is 0 Å². The smallest absolute Gasteiger partial charge is 0 e. The largest absolute Gasteiger partial charge is 0 e. The summed E-state index contributed by atoms with van der Waals surface area (Å²) >= 11 is 0. The monoisotopic (exact) mass is 461 g/mol. The minimum absolute atomic E-state index is 0. The summed E-state index contributed by atoms with van der Waals surface area (Å²) in [7, 11) is 0. The van der Waals surface area contributed by atoms with Crippen molar-refractivity contribution in [2.24, 2.45) is 0 Å². The van der Waals surface area contributed by atoms with Crippen molar-refractivity contribution in [2.75, 3.05) is 0 Å². The van der Waals surface area contributed by atoms with Gasteiger partial charge in [-0.25, -0.2) is 0 Å². The summed E-state index contributed by atoms with van der Waals surface area (Å²) in [5.41, 5.74) is 0. The van der Waals surface area contributed by atoms with Crippen LogP contribution >= 0.6 is 0 Å². The van der Waals surface area contributed by atoms with Crippen molar-refractivity contribution in [1.29, 1.82) is 0 Å². The normalized spacial score (nSPS) is 0. The fraction of sp³-hybridized carbons (Fsp3) is 0. The Morgan fingerprint density at radius 3 is 1.00 bits per heavy atom. The summed E-state index contributed by atoms with van der Waals surface area (Å²) in [5.74, 6) is 0. The zero-order valence-corrected chi connectivity index (χ0v) is 9.98. The molecule has 0 aromatic heterocycles. The van der Waals surface area contributed by atoms with Gasteiger partial charge in [0.25, 0.3) is 0 Å². The van der Waals surface area contributed by atoms with Gasteiger partial charge < -0.3 is 0 Å². The fourth-order valence-electron chi connectivity index (χ4n) is 0. The van der Waals surface area contributed by atoms with E-state index in [0.29, 0.717) is 0 Å². The second-order valence-corrected chi connectivity index (χ2v) is 0. The van der Waals surface area contributed by atoms with E-state index in [0.717, 1.165) is 0 Å². The van der Waals surface area contributed by atoms with Crippen molar-refractivity contribution >= 4 is 86.9 Å². The van der Waals surface area contributed by atoms with Gasteiger partial charge in [-0.05, 0) is 0 Å². The molecule has 0 aliphatic rings. The van der Waals surface area contributed by atoms with Gasteiger partial charge in [0, 0.05) is 36.5 Å². The average Bonchev–Trinajstić information content (AvgIpc) is 0. The average molecular weight is 462 g/mol. The molecule has 0 saturated heterocycles. The minimum Gasteiger partial charge on any atom is 0 e. The quantitative estimate of drug-likeness (QED) is 0.319. The van der Waals surface area contributed by atoms with Gasteiger partial charge in [-0.2, -0.15) is 0 Å². The van der Waals surface area contributed by atoms with Gasteiger partial charge >= 0.3 is 69.5 Å². The molecule has 0 aliphatic carbocycles. The number of hydrogen-bond donors (Lipinski definition) is 0. The van der Waals surface area contributed by atoms with E-state index in [1.165, 1.54) is 0 Å². The van der Waals surface area contributed by atoms with Crippen LogP contribution in [0.2, 0.25) is 0 Å². The van der Waals surface area contributed by atoms with Crippen LogP contribution < -0.4 is 0 Å². The Bertz CT molecular complexity index is 15.5. The van der Waals surface area contributed by atoms with Gasteiger partial charge in [0.05, 0.1) is 0 Å². The van der Waals surface area contributed by atoms with Crippen LogP contribution in [-0.2, 0) is 36.5 Å². The SMILES string of the molecule is [AlH3].[GaH3].[InH3].[Mn].[SnH2].[Zn]. The van der Waals surface area contributed by atoms with Crippen LogP contribution in [0, 0.1) is 0 Å². The van der Waals surface area contributed by atoms with Crippen molar-refractivity contribution in [3.8, 4) is 0 Å². The van der Waals surface area contributed by atoms with Crippen LogP contribution in [0.15, 0.2) is 0 Å². The van der Waals surface area contributed by atoms with Crippen molar-refractivity contribution in [1.82, 2.24) is 0 Å². The zero-order chi connectivity index (χ0) is 0. The molecular formula is H11AlGaInMnSnZn. The number of hydrogen-bond acceptors (Lipinski definition) is 0. The Balaban J connectivity index is 0. The standard InChI is InChI=1S/Al.Ga.In.Mn.Sn.Zn.11H. The molecule has 0 aliphatic heterocycles. The van der Waals surface area contributed by atoms with Crippen molar-refractivity contribution in [3.05, 3.63) is 0 Å². The molecule has 0 fully saturated rings. The Morgan fingerprint density at radius 2 is 1.00 bits per heavy atom. The maximum atomic E-state index is 0. The fourth-order valence-corrected chi connectivity index (χ4v) is 0. The first-order chi connectivity index (χ1) is 0. The third kappa shape index (κ3) is 24.5. The van der Waals surface area contributed by atoms with Gasteiger partial charge in [0.15, 0.2) is 17.4 Å². The molecule has 0 amide bonds. The first-order valence-electron chi connectivity index (χ1n) is 0. The molecule has 0 spiro atoms. The Kier molecular flexibility index (Phi) is 306. The van der Waals surface area contributed by atoms with E-state index in [-0.39, 0.29) is 123 Å². The van der Waals surface area contributed by atoms with Crippen molar-refractivity contribution < 1.29 is 36.5 Å². The summed E-state index contributed by atoms with van der Waals surface area (Å²) < 4.78 is 0. The molecule has 6 heteroatoms. The predicted octanol–water partition coefficient (Wildman–Crippen LogP) is -4.47. The first-order valence-corrected chi connectivity index (χ1v) is 0. The summed E-state index contributed by atoms with van der Waals surface area (Å²) in [4.78, 5) is 0. The van der Waals surface area contributed by atoms with Crippen molar-refractivity contribution in [2.45, 2.75) is 0 Å². The van der Waals surface area contributed by atoms with E-state index in [1.54, 1.807) is 0 Å². The van der Waals surface area contributed by atoms with E-state index in [2.05, 4.69) is 0 Å². The van der Waals surface area contributed by atoms with Crippen LogP contribution in [0.25, 0.3) is 0 Å². The van der Waals surface area contributed by atoms with E-state index < -0.39 is 0 Å². The number of rotatable bonds is 0. The molecule has 6 heavy (non-hydrogen) atoms. The summed E-state index contributed by atoms with van der Waals surface area (Å²) in [6.45, 7) is 0. The molecule has 0 N–H and O–H groups in total. The second kappa shape index (κ2) is 36.1. The van der Waals surface area contributed by atoms with E-state index in [4.69, 9.17) is 0 Å². The van der Waals surface area contributed by atoms with Crippen LogP contribution in [0.1, 0.15) is 0 Å². The first kappa shape index (κ1) is 50.8. The van der Waals surface area contributed by atoms with Crippen molar-refractivity contribution in [3.63, 3.8) is 0 Å². The van der Waals surface area contributed by atoms with E-state index >= 15 is 0 Å². The molecule has 0 atom stereocenters. The Hall–Kier alpha value is 3.98. The predicted molar refractivity (Wildman–Crippen MR) is 38.4 cm³/mol. The third-order valence-electron chi connectivity index (χ3n) is 0. The van der Waals surface area contributed by atoms with Gasteiger partial charge in [-0.3, -0.25) is 0 Å². The maximum Gasteiger partial charge on any atom is 0 e. The molecule has 3 radical (unpaired) electrons. The van der Waals surface area contributed by atoms with E-state index in [9.17, 15) is 0 Å². The van der Waals surface area contributed by atoms with Crippen LogP contribution in [0.4, 0.5) is 0 Å².